The average molecular weight is 366 g/mol. The molecule has 2 aromatic carbocycles. The summed E-state index contributed by atoms with van der Waals surface area (Å²) in [7, 11) is 0. The second-order valence-corrected chi connectivity index (χ2v) is 6.64. The van der Waals surface area contributed by atoms with Gasteiger partial charge in [-0.25, -0.2) is 0 Å². The first kappa shape index (κ1) is 17.8. The third-order valence-electron chi connectivity index (χ3n) is 4.16. The lowest BCUT2D eigenvalue weighted by molar-refractivity contribution is -0.143. The van der Waals surface area contributed by atoms with Crippen molar-refractivity contribution in [3.8, 4) is 5.40 Å². The maximum Gasteiger partial charge on any atom is 0.313 e. The second-order valence-electron chi connectivity index (χ2n) is 5.79. The van der Waals surface area contributed by atoms with E-state index in [0.29, 0.717) is 31.9 Å². The molecule has 7 heteroatoms. The molecule has 0 unspecified atom stereocenters. The van der Waals surface area contributed by atoms with Gasteiger partial charge in [-0.05, 0) is 48.2 Å². The topological polar surface area (TPSA) is 76.4 Å². The Morgan fingerprint density at radius 2 is 1.62 bits per heavy atom. The first-order chi connectivity index (χ1) is 12.7. The Hall–Kier alpha value is -2.98. The van der Waals surface area contributed by atoms with Crippen molar-refractivity contribution in [2.45, 2.75) is 4.90 Å². The van der Waals surface area contributed by atoms with Gasteiger partial charge in [-0.3, -0.25) is 9.59 Å². The first-order valence-electron chi connectivity index (χ1n) is 8.23. The minimum absolute atomic E-state index is 0.513. The molecule has 1 heterocycles. The quantitative estimate of drug-likeness (QED) is 0.513. The molecule has 1 aliphatic heterocycles. The van der Waals surface area contributed by atoms with Gasteiger partial charge in [0, 0.05) is 42.4 Å². The van der Waals surface area contributed by atoms with Gasteiger partial charge in [-0.2, -0.15) is 5.26 Å². The van der Waals surface area contributed by atoms with Crippen LogP contribution in [0.5, 0.6) is 0 Å². The fraction of sp³-hybridized carbons (Fsp3) is 0.211. The molecule has 3 rings (SSSR count). The SMILES string of the molecule is N#CSc1ccc(NC(=O)C(=O)N2CCN(c3ccccc3)CC2)cc1. The Morgan fingerprint density at radius 1 is 0.962 bits per heavy atom. The van der Waals surface area contributed by atoms with Crippen LogP contribution in [0.4, 0.5) is 11.4 Å². The fourth-order valence-corrected chi connectivity index (χ4v) is 3.17. The van der Waals surface area contributed by atoms with Crippen LogP contribution in [0.15, 0.2) is 59.5 Å². The summed E-state index contributed by atoms with van der Waals surface area (Å²) < 4.78 is 0. The van der Waals surface area contributed by atoms with Crippen LogP contribution in [-0.4, -0.2) is 42.9 Å². The number of nitrogens with one attached hydrogen (secondary N) is 1. The predicted molar refractivity (Wildman–Crippen MR) is 102 cm³/mol. The number of benzene rings is 2. The van der Waals surface area contributed by atoms with E-state index in [9.17, 15) is 9.59 Å². The van der Waals surface area contributed by atoms with Crippen LogP contribution in [0.1, 0.15) is 0 Å². The van der Waals surface area contributed by atoms with Crippen LogP contribution in [0.25, 0.3) is 0 Å². The molecule has 0 radical (unpaired) electrons. The maximum absolute atomic E-state index is 12.4. The van der Waals surface area contributed by atoms with Crippen molar-refractivity contribution in [1.29, 1.82) is 5.26 Å². The number of amides is 2. The molecular formula is C19H18N4O2S. The van der Waals surface area contributed by atoms with E-state index >= 15 is 0 Å². The summed E-state index contributed by atoms with van der Waals surface area (Å²) in [6, 6.07) is 16.8. The molecule has 2 aromatic rings. The molecule has 1 aliphatic rings. The minimum Gasteiger partial charge on any atom is -0.368 e. The van der Waals surface area contributed by atoms with E-state index in [1.165, 1.54) is 0 Å². The Labute approximate surface area is 156 Å². The summed E-state index contributed by atoms with van der Waals surface area (Å²) in [6.45, 7) is 2.42. The lowest BCUT2D eigenvalue weighted by Gasteiger charge is -2.35. The molecule has 1 fully saturated rings. The van der Waals surface area contributed by atoms with Gasteiger partial charge in [-0.1, -0.05) is 18.2 Å². The average Bonchev–Trinajstić information content (AvgIpc) is 2.70. The zero-order chi connectivity index (χ0) is 18.4. The number of hydrogen-bond donors (Lipinski definition) is 1. The zero-order valence-electron chi connectivity index (χ0n) is 14.1. The first-order valence-corrected chi connectivity index (χ1v) is 9.05. The highest BCUT2D eigenvalue weighted by atomic mass is 32.2. The summed E-state index contributed by atoms with van der Waals surface area (Å²) in [5.74, 6) is -1.16. The van der Waals surface area contributed by atoms with Crippen molar-refractivity contribution >= 4 is 35.0 Å². The highest BCUT2D eigenvalue weighted by Crippen LogP contribution is 2.19. The Kier molecular flexibility index (Phi) is 5.77. The van der Waals surface area contributed by atoms with Gasteiger partial charge in [0.25, 0.3) is 0 Å². The smallest absolute Gasteiger partial charge is 0.313 e. The van der Waals surface area contributed by atoms with Crippen LogP contribution in [0, 0.1) is 10.7 Å². The summed E-state index contributed by atoms with van der Waals surface area (Å²) in [5.41, 5.74) is 1.66. The molecule has 0 saturated carbocycles. The van der Waals surface area contributed by atoms with Crippen molar-refractivity contribution in [2.75, 3.05) is 36.4 Å². The van der Waals surface area contributed by atoms with E-state index in [1.807, 2.05) is 35.7 Å². The number of nitriles is 1. The van der Waals surface area contributed by atoms with E-state index in [4.69, 9.17) is 5.26 Å². The Morgan fingerprint density at radius 3 is 2.23 bits per heavy atom. The van der Waals surface area contributed by atoms with Crippen molar-refractivity contribution in [3.63, 3.8) is 0 Å². The molecule has 1 saturated heterocycles. The molecule has 132 valence electrons. The van der Waals surface area contributed by atoms with Gasteiger partial charge < -0.3 is 15.1 Å². The number of rotatable bonds is 3. The van der Waals surface area contributed by atoms with Crippen LogP contribution in [-0.2, 0) is 9.59 Å². The molecule has 0 spiro atoms. The molecule has 2 amide bonds. The lowest BCUT2D eigenvalue weighted by Crippen LogP contribution is -2.51. The fourth-order valence-electron chi connectivity index (χ4n) is 2.79. The van der Waals surface area contributed by atoms with E-state index in [2.05, 4.69) is 10.2 Å². The highest BCUT2D eigenvalue weighted by molar-refractivity contribution is 8.03. The van der Waals surface area contributed by atoms with E-state index in [-0.39, 0.29) is 0 Å². The van der Waals surface area contributed by atoms with Crippen LogP contribution in [0.3, 0.4) is 0 Å². The van der Waals surface area contributed by atoms with Crippen LogP contribution in [0.2, 0.25) is 0 Å². The summed E-state index contributed by atoms with van der Waals surface area (Å²) in [4.78, 5) is 29.1. The van der Waals surface area contributed by atoms with Gasteiger partial charge in [0.1, 0.15) is 5.40 Å². The molecule has 0 aromatic heterocycles. The lowest BCUT2D eigenvalue weighted by atomic mass is 10.2. The van der Waals surface area contributed by atoms with Crippen LogP contribution >= 0.6 is 11.8 Å². The number of piperazine rings is 1. The van der Waals surface area contributed by atoms with E-state index < -0.39 is 11.8 Å². The number of carbonyl (C=O) groups excluding carboxylic acids is 2. The predicted octanol–water partition coefficient (Wildman–Crippen LogP) is 2.55. The number of hydrogen-bond acceptors (Lipinski definition) is 5. The Balaban J connectivity index is 1.53. The summed E-state index contributed by atoms with van der Waals surface area (Å²) in [5, 5.41) is 13.2. The van der Waals surface area contributed by atoms with Gasteiger partial charge >= 0.3 is 11.8 Å². The number of nitrogens with zero attached hydrogens (tertiary/aromatic N) is 3. The number of para-hydroxylation sites is 1. The summed E-state index contributed by atoms with van der Waals surface area (Å²) >= 11 is 1.04. The van der Waals surface area contributed by atoms with Gasteiger partial charge in [-0.15, -0.1) is 0 Å². The van der Waals surface area contributed by atoms with Crippen molar-refractivity contribution < 1.29 is 9.59 Å². The van der Waals surface area contributed by atoms with E-state index in [1.54, 1.807) is 29.2 Å². The molecule has 0 aliphatic carbocycles. The molecule has 0 atom stereocenters. The number of anilines is 2. The third kappa shape index (κ3) is 4.35. The minimum atomic E-state index is -0.640. The third-order valence-corrected chi connectivity index (χ3v) is 4.76. The monoisotopic (exact) mass is 366 g/mol. The molecular weight excluding hydrogens is 348 g/mol. The summed E-state index contributed by atoms with van der Waals surface area (Å²) in [6.07, 6.45) is 0. The van der Waals surface area contributed by atoms with E-state index in [0.717, 1.165) is 22.3 Å². The standard InChI is InChI=1S/C19H18N4O2S/c20-14-26-17-8-6-15(7-9-17)21-18(24)19(25)23-12-10-22(11-13-23)16-4-2-1-3-5-16/h1-9H,10-13H2,(H,21,24). The number of carbonyl (C=O) groups is 2. The van der Waals surface area contributed by atoms with Gasteiger partial charge in [0.05, 0.1) is 0 Å². The molecule has 26 heavy (non-hydrogen) atoms. The van der Waals surface area contributed by atoms with Crippen molar-refractivity contribution in [3.05, 3.63) is 54.6 Å². The zero-order valence-corrected chi connectivity index (χ0v) is 14.9. The molecule has 6 nitrogen and oxygen atoms in total. The molecule has 1 N–H and O–H groups in total. The normalized spacial score (nSPS) is 13.8. The second kappa shape index (κ2) is 8.41. The highest BCUT2D eigenvalue weighted by Gasteiger charge is 2.26. The maximum atomic E-state index is 12.4. The number of thioether (sulfide) groups is 1. The van der Waals surface area contributed by atoms with Crippen LogP contribution < -0.4 is 10.2 Å². The van der Waals surface area contributed by atoms with Crippen molar-refractivity contribution in [2.24, 2.45) is 0 Å². The van der Waals surface area contributed by atoms with Crippen molar-refractivity contribution in [1.82, 2.24) is 4.90 Å². The molecule has 0 bridgehead atoms. The Bertz CT molecular complexity index is 810. The van der Waals surface area contributed by atoms with Gasteiger partial charge in [0.15, 0.2) is 0 Å². The van der Waals surface area contributed by atoms with Gasteiger partial charge in [0.2, 0.25) is 0 Å². The number of thiocyanates is 1. The largest absolute Gasteiger partial charge is 0.368 e.